The van der Waals surface area contributed by atoms with E-state index < -0.39 is 23.7 Å². The Kier molecular flexibility index (Phi) is 3.94. The van der Waals surface area contributed by atoms with E-state index in [-0.39, 0.29) is 28.6 Å². The van der Waals surface area contributed by atoms with E-state index in [1.165, 1.54) is 12.1 Å². The fourth-order valence-corrected chi connectivity index (χ4v) is 3.52. The van der Waals surface area contributed by atoms with Crippen molar-refractivity contribution in [2.75, 3.05) is 0 Å². The molecule has 1 aliphatic carbocycles. The number of alkyl halides is 3. The SMILES string of the molecule is Cc1ccc(C(=O)N2N=C3[C@H](C)CCC[C@@H]3[C@]2(O)C(F)(F)F)cc1. The zero-order valence-electron chi connectivity index (χ0n) is 13.5. The maximum Gasteiger partial charge on any atom is 0.439 e. The Labute approximate surface area is 138 Å². The van der Waals surface area contributed by atoms with Gasteiger partial charge >= 0.3 is 6.18 Å². The quantitative estimate of drug-likeness (QED) is 0.851. The van der Waals surface area contributed by atoms with Crippen LogP contribution in [-0.4, -0.2) is 33.6 Å². The first-order chi connectivity index (χ1) is 11.2. The van der Waals surface area contributed by atoms with Crippen LogP contribution in [0.15, 0.2) is 29.4 Å². The van der Waals surface area contributed by atoms with Crippen molar-refractivity contribution in [1.29, 1.82) is 0 Å². The molecule has 0 radical (unpaired) electrons. The lowest BCUT2D eigenvalue weighted by Crippen LogP contribution is -2.61. The third-order valence-electron chi connectivity index (χ3n) is 4.92. The van der Waals surface area contributed by atoms with Crippen LogP contribution in [0.4, 0.5) is 13.2 Å². The predicted octanol–water partition coefficient (Wildman–Crippen LogP) is 3.49. The normalized spacial score (nSPS) is 30.1. The highest BCUT2D eigenvalue weighted by molar-refractivity contribution is 6.00. The zero-order chi connectivity index (χ0) is 17.7. The van der Waals surface area contributed by atoms with Gasteiger partial charge in [0.1, 0.15) is 0 Å². The zero-order valence-corrected chi connectivity index (χ0v) is 13.5. The molecule has 0 saturated heterocycles. The first-order valence-electron chi connectivity index (χ1n) is 7.95. The molecule has 130 valence electrons. The average Bonchev–Trinajstić information content (AvgIpc) is 2.83. The average molecular weight is 340 g/mol. The van der Waals surface area contributed by atoms with Gasteiger partial charge in [-0.15, -0.1) is 0 Å². The van der Waals surface area contributed by atoms with E-state index in [1.807, 2.05) is 6.92 Å². The summed E-state index contributed by atoms with van der Waals surface area (Å²) in [4.78, 5) is 12.6. The number of rotatable bonds is 1. The first-order valence-corrected chi connectivity index (χ1v) is 7.95. The van der Waals surface area contributed by atoms with Gasteiger partial charge in [-0.05, 0) is 37.8 Å². The Morgan fingerprint density at radius 2 is 1.92 bits per heavy atom. The molecule has 1 aliphatic heterocycles. The second kappa shape index (κ2) is 5.58. The van der Waals surface area contributed by atoms with Crippen LogP contribution < -0.4 is 0 Å². The summed E-state index contributed by atoms with van der Waals surface area (Å²) in [5, 5.41) is 14.7. The summed E-state index contributed by atoms with van der Waals surface area (Å²) < 4.78 is 41.1. The van der Waals surface area contributed by atoms with E-state index in [0.29, 0.717) is 12.8 Å². The lowest BCUT2D eigenvalue weighted by molar-refractivity contribution is -0.312. The third-order valence-corrected chi connectivity index (χ3v) is 4.92. The number of carbonyl (C=O) groups is 1. The van der Waals surface area contributed by atoms with Crippen LogP contribution in [0.3, 0.4) is 0 Å². The number of aryl methyl sites for hydroxylation is 1. The van der Waals surface area contributed by atoms with Gasteiger partial charge in [-0.1, -0.05) is 31.0 Å². The second-order valence-electron chi connectivity index (χ2n) is 6.62. The molecule has 1 aromatic carbocycles. The van der Waals surface area contributed by atoms with Gasteiger partial charge < -0.3 is 5.11 Å². The number of aliphatic hydroxyl groups is 1. The van der Waals surface area contributed by atoms with Crippen LogP contribution in [0.5, 0.6) is 0 Å². The molecule has 1 aromatic rings. The number of fused-ring (bicyclic) bond motifs is 1. The van der Waals surface area contributed by atoms with E-state index in [1.54, 1.807) is 19.1 Å². The molecule has 0 aromatic heterocycles. The van der Waals surface area contributed by atoms with E-state index in [4.69, 9.17) is 0 Å². The van der Waals surface area contributed by atoms with Crippen molar-refractivity contribution < 1.29 is 23.1 Å². The number of halogens is 3. The molecule has 0 unspecified atom stereocenters. The number of nitrogens with zero attached hydrogens (tertiary/aromatic N) is 2. The van der Waals surface area contributed by atoms with Gasteiger partial charge in [-0.3, -0.25) is 4.79 Å². The third kappa shape index (κ3) is 2.42. The van der Waals surface area contributed by atoms with Crippen molar-refractivity contribution in [3.05, 3.63) is 35.4 Å². The first kappa shape index (κ1) is 17.0. The number of carbonyl (C=O) groups excluding carboxylic acids is 1. The topological polar surface area (TPSA) is 52.9 Å². The Balaban J connectivity index is 2.06. The van der Waals surface area contributed by atoms with Crippen molar-refractivity contribution in [2.45, 2.75) is 45.0 Å². The van der Waals surface area contributed by atoms with Gasteiger partial charge in [0.15, 0.2) is 0 Å². The second-order valence-corrected chi connectivity index (χ2v) is 6.62. The van der Waals surface area contributed by atoms with Gasteiger partial charge in [-0.25, -0.2) is 0 Å². The van der Waals surface area contributed by atoms with Crippen molar-refractivity contribution in [1.82, 2.24) is 5.01 Å². The van der Waals surface area contributed by atoms with Crippen LogP contribution in [0.2, 0.25) is 0 Å². The highest BCUT2D eigenvalue weighted by Gasteiger charge is 2.69. The van der Waals surface area contributed by atoms with Crippen molar-refractivity contribution in [3.63, 3.8) is 0 Å². The Morgan fingerprint density at radius 1 is 1.29 bits per heavy atom. The predicted molar refractivity (Wildman–Crippen MR) is 82.3 cm³/mol. The number of benzene rings is 1. The molecule has 1 heterocycles. The van der Waals surface area contributed by atoms with Gasteiger partial charge in [0.05, 0.1) is 5.92 Å². The van der Waals surface area contributed by atoms with Gasteiger partial charge in [0.25, 0.3) is 11.6 Å². The number of hydrogen-bond acceptors (Lipinski definition) is 3. The molecular weight excluding hydrogens is 321 g/mol. The maximum absolute atomic E-state index is 13.7. The number of hydrogen-bond donors (Lipinski definition) is 1. The monoisotopic (exact) mass is 340 g/mol. The lowest BCUT2D eigenvalue weighted by Gasteiger charge is -2.39. The lowest BCUT2D eigenvalue weighted by atomic mass is 9.75. The Morgan fingerprint density at radius 3 is 2.50 bits per heavy atom. The fraction of sp³-hybridized carbons (Fsp3) is 0.529. The molecule has 2 aliphatic rings. The summed E-state index contributed by atoms with van der Waals surface area (Å²) in [6, 6.07) is 6.16. The molecular formula is C17H19F3N2O2. The summed E-state index contributed by atoms with van der Waals surface area (Å²) in [5.74, 6) is -2.33. The standard InChI is InChI=1S/C17H19F3N2O2/c1-10-6-8-12(9-7-10)15(23)22-16(24,17(18,19)20)13-5-3-4-11(2)14(13)21-22/h6-9,11,13,24H,3-5H2,1-2H3/t11-,13+,16+/m1/s1. The van der Waals surface area contributed by atoms with Gasteiger partial charge in [-0.2, -0.15) is 23.3 Å². The van der Waals surface area contributed by atoms with Crippen molar-refractivity contribution in [2.24, 2.45) is 16.9 Å². The van der Waals surface area contributed by atoms with Crippen LogP contribution >= 0.6 is 0 Å². The van der Waals surface area contributed by atoms with E-state index in [2.05, 4.69) is 5.10 Å². The molecule has 1 saturated carbocycles. The van der Waals surface area contributed by atoms with Gasteiger partial charge in [0.2, 0.25) is 0 Å². The van der Waals surface area contributed by atoms with Crippen LogP contribution in [-0.2, 0) is 0 Å². The molecule has 7 heteroatoms. The fourth-order valence-electron chi connectivity index (χ4n) is 3.52. The highest BCUT2D eigenvalue weighted by Crippen LogP contribution is 2.49. The maximum atomic E-state index is 13.7. The molecule has 4 nitrogen and oxygen atoms in total. The van der Waals surface area contributed by atoms with Gasteiger partial charge in [0, 0.05) is 11.3 Å². The molecule has 0 bridgehead atoms. The molecule has 3 rings (SSSR count). The summed E-state index contributed by atoms with van der Waals surface area (Å²) in [6.45, 7) is 3.59. The summed E-state index contributed by atoms with van der Waals surface area (Å²) in [5.41, 5.74) is -2.06. The van der Waals surface area contributed by atoms with E-state index >= 15 is 0 Å². The molecule has 3 atom stereocenters. The molecule has 1 fully saturated rings. The van der Waals surface area contributed by atoms with Crippen molar-refractivity contribution in [3.8, 4) is 0 Å². The van der Waals surface area contributed by atoms with Crippen LogP contribution in [0.1, 0.15) is 42.1 Å². The molecule has 1 N–H and O–H groups in total. The van der Waals surface area contributed by atoms with E-state index in [0.717, 1.165) is 5.56 Å². The number of hydrazone groups is 1. The summed E-state index contributed by atoms with van der Waals surface area (Å²) in [7, 11) is 0. The van der Waals surface area contributed by atoms with Crippen molar-refractivity contribution >= 4 is 11.6 Å². The minimum absolute atomic E-state index is 0.0684. The highest BCUT2D eigenvalue weighted by atomic mass is 19.4. The molecule has 24 heavy (non-hydrogen) atoms. The largest absolute Gasteiger partial charge is 0.439 e. The Hall–Kier alpha value is -1.89. The van der Waals surface area contributed by atoms with Crippen LogP contribution in [0.25, 0.3) is 0 Å². The number of amides is 1. The minimum atomic E-state index is -4.99. The minimum Gasteiger partial charge on any atom is -0.362 e. The van der Waals surface area contributed by atoms with Crippen LogP contribution in [0, 0.1) is 18.8 Å². The summed E-state index contributed by atoms with van der Waals surface area (Å²) in [6.07, 6.45) is -3.55. The molecule has 0 spiro atoms. The summed E-state index contributed by atoms with van der Waals surface area (Å²) >= 11 is 0. The molecule has 1 amide bonds. The Bertz CT molecular complexity index is 684. The smallest absolute Gasteiger partial charge is 0.362 e. The van der Waals surface area contributed by atoms with E-state index in [9.17, 15) is 23.1 Å².